The first-order chi connectivity index (χ1) is 14.1. The Labute approximate surface area is 169 Å². The first kappa shape index (κ1) is 17.7. The smallest absolute Gasteiger partial charge is 0.273 e. The van der Waals surface area contributed by atoms with Crippen LogP contribution in [-0.4, -0.2) is 52.4 Å². The van der Waals surface area contributed by atoms with Gasteiger partial charge in [0.1, 0.15) is 5.69 Å². The highest BCUT2D eigenvalue weighted by Crippen LogP contribution is 2.30. The van der Waals surface area contributed by atoms with Crippen LogP contribution in [0.5, 0.6) is 0 Å². The monoisotopic (exact) mass is 385 g/mol. The molecule has 1 aliphatic rings. The number of anilines is 1. The Morgan fingerprint density at radius 2 is 2.00 bits per heavy atom. The fraction of sp³-hybridized carbons (Fsp3) is 0.261. The third-order valence-corrected chi connectivity index (χ3v) is 5.71. The van der Waals surface area contributed by atoms with E-state index in [0.717, 1.165) is 40.8 Å². The molecule has 0 spiro atoms. The molecular weight excluding hydrogens is 362 g/mol. The van der Waals surface area contributed by atoms with Gasteiger partial charge in [-0.3, -0.25) is 9.78 Å². The van der Waals surface area contributed by atoms with Crippen molar-refractivity contribution in [1.29, 1.82) is 0 Å². The number of amides is 1. The number of pyridine rings is 1. The fourth-order valence-electron chi connectivity index (χ4n) is 4.20. The largest absolute Gasteiger partial charge is 0.361 e. The number of benzene rings is 1. The maximum atomic E-state index is 13.2. The third kappa shape index (κ3) is 3.01. The minimum atomic E-state index is -0.000764. The number of rotatable bonds is 3. The summed E-state index contributed by atoms with van der Waals surface area (Å²) >= 11 is 0. The van der Waals surface area contributed by atoms with Crippen molar-refractivity contribution in [3.8, 4) is 0 Å². The van der Waals surface area contributed by atoms with Crippen molar-refractivity contribution in [2.45, 2.75) is 12.3 Å². The number of aromatic nitrogens is 3. The molecule has 1 atom stereocenters. The van der Waals surface area contributed by atoms with E-state index in [1.54, 1.807) is 6.20 Å². The van der Waals surface area contributed by atoms with Crippen LogP contribution in [0.2, 0.25) is 0 Å². The summed E-state index contributed by atoms with van der Waals surface area (Å²) in [4.78, 5) is 26.5. The average Bonchev–Trinajstić information content (AvgIpc) is 3.41. The van der Waals surface area contributed by atoms with Crippen LogP contribution in [0.15, 0.2) is 61.1 Å². The first-order valence-electron chi connectivity index (χ1n) is 9.90. The summed E-state index contributed by atoms with van der Waals surface area (Å²) in [7, 11) is 4.02. The van der Waals surface area contributed by atoms with Crippen LogP contribution in [0.4, 0.5) is 5.82 Å². The highest BCUT2D eigenvalue weighted by Gasteiger charge is 2.30. The van der Waals surface area contributed by atoms with E-state index in [0.29, 0.717) is 12.2 Å². The summed E-state index contributed by atoms with van der Waals surface area (Å²) in [5, 5.41) is 1.95. The summed E-state index contributed by atoms with van der Waals surface area (Å²) in [5.41, 5.74) is 2.65. The van der Waals surface area contributed by atoms with E-state index in [1.807, 2.05) is 66.5 Å². The summed E-state index contributed by atoms with van der Waals surface area (Å²) in [5.74, 6) is 1.17. The molecule has 0 bridgehead atoms. The predicted molar refractivity (Wildman–Crippen MR) is 115 cm³/mol. The Balaban J connectivity index is 1.44. The maximum Gasteiger partial charge on any atom is 0.273 e. The van der Waals surface area contributed by atoms with E-state index in [9.17, 15) is 4.79 Å². The Bertz CT molecular complexity index is 1210. The van der Waals surface area contributed by atoms with Crippen LogP contribution in [0.3, 0.4) is 0 Å². The minimum absolute atomic E-state index is 0.000764. The normalized spacial score (nSPS) is 16.6. The number of carbonyl (C=O) groups excluding carboxylic acids is 1. The van der Waals surface area contributed by atoms with Crippen molar-refractivity contribution in [1.82, 2.24) is 19.3 Å². The van der Waals surface area contributed by atoms with E-state index in [4.69, 9.17) is 4.98 Å². The molecule has 146 valence electrons. The van der Waals surface area contributed by atoms with Crippen molar-refractivity contribution >= 4 is 28.0 Å². The van der Waals surface area contributed by atoms with Crippen LogP contribution < -0.4 is 4.90 Å². The Morgan fingerprint density at radius 3 is 2.86 bits per heavy atom. The predicted octanol–water partition coefficient (Wildman–Crippen LogP) is 3.58. The van der Waals surface area contributed by atoms with Gasteiger partial charge in [-0.15, -0.1) is 0 Å². The van der Waals surface area contributed by atoms with E-state index in [-0.39, 0.29) is 11.8 Å². The lowest BCUT2D eigenvalue weighted by Crippen LogP contribution is -2.29. The molecule has 6 heteroatoms. The third-order valence-electron chi connectivity index (χ3n) is 5.71. The lowest BCUT2D eigenvalue weighted by Gasteiger charge is -2.19. The van der Waals surface area contributed by atoms with Crippen molar-refractivity contribution in [3.05, 3.63) is 72.4 Å². The summed E-state index contributed by atoms with van der Waals surface area (Å²) < 4.78 is 2.12. The number of fused-ring (bicyclic) bond motifs is 2. The van der Waals surface area contributed by atoms with Crippen LogP contribution >= 0.6 is 0 Å². The van der Waals surface area contributed by atoms with Crippen LogP contribution in [-0.2, 0) is 0 Å². The van der Waals surface area contributed by atoms with Crippen LogP contribution in [0.1, 0.15) is 28.5 Å². The van der Waals surface area contributed by atoms with Crippen molar-refractivity contribution in [2.24, 2.45) is 0 Å². The second-order valence-electron chi connectivity index (χ2n) is 7.80. The van der Waals surface area contributed by atoms with Crippen molar-refractivity contribution in [2.75, 3.05) is 32.1 Å². The van der Waals surface area contributed by atoms with Crippen LogP contribution in [0, 0.1) is 0 Å². The zero-order valence-electron chi connectivity index (χ0n) is 16.6. The van der Waals surface area contributed by atoms with E-state index < -0.39 is 0 Å². The molecule has 3 aromatic heterocycles. The molecular formula is C23H23N5O. The zero-order valence-corrected chi connectivity index (χ0v) is 16.6. The molecule has 4 heterocycles. The second-order valence-corrected chi connectivity index (χ2v) is 7.80. The molecule has 0 N–H and O–H groups in total. The van der Waals surface area contributed by atoms with Gasteiger partial charge < -0.3 is 14.2 Å². The highest BCUT2D eigenvalue weighted by molar-refractivity contribution is 6.05. The molecule has 1 aliphatic heterocycles. The highest BCUT2D eigenvalue weighted by atomic mass is 16.2. The fourth-order valence-corrected chi connectivity index (χ4v) is 4.20. The molecule has 1 amide bonds. The molecule has 4 aromatic rings. The quantitative estimate of drug-likeness (QED) is 0.541. The molecule has 0 radical (unpaired) electrons. The molecule has 29 heavy (non-hydrogen) atoms. The van der Waals surface area contributed by atoms with Gasteiger partial charge in [0.15, 0.2) is 5.82 Å². The van der Waals surface area contributed by atoms with Gasteiger partial charge in [0.25, 0.3) is 5.91 Å². The Morgan fingerprint density at radius 1 is 1.14 bits per heavy atom. The molecule has 1 saturated heterocycles. The Hall–Kier alpha value is -3.41. The van der Waals surface area contributed by atoms with Gasteiger partial charge in [-0.05, 0) is 30.0 Å². The molecule has 0 unspecified atom stereocenters. The van der Waals surface area contributed by atoms with Gasteiger partial charge in [-0.1, -0.05) is 24.3 Å². The van der Waals surface area contributed by atoms with Gasteiger partial charge in [0.2, 0.25) is 0 Å². The number of carbonyl (C=O) groups is 1. The van der Waals surface area contributed by atoms with Crippen molar-refractivity contribution in [3.63, 3.8) is 0 Å². The second kappa shape index (κ2) is 6.88. The molecule has 6 nitrogen and oxygen atoms in total. The summed E-state index contributed by atoms with van der Waals surface area (Å²) in [6, 6.07) is 14.0. The summed E-state index contributed by atoms with van der Waals surface area (Å²) in [6.07, 6.45) is 6.76. The van der Waals surface area contributed by atoms with Gasteiger partial charge in [-0.2, -0.15) is 0 Å². The lowest BCUT2D eigenvalue weighted by atomic mass is 10.1. The van der Waals surface area contributed by atoms with Gasteiger partial charge >= 0.3 is 0 Å². The van der Waals surface area contributed by atoms with Crippen LogP contribution in [0.25, 0.3) is 16.3 Å². The Kier molecular flexibility index (Phi) is 4.19. The molecule has 1 aromatic carbocycles. The van der Waals surface area contributed by atoms with E-state index >= 15 is 0 Å². The van der Waals surface area contributed by atoms with Gasteiger partial charge in [0.05, 0.1) is 11.2 Å². The SMILES string of the molecule is CN(C)c1nc([C@H]2CCN(C(=O)c3nccc4ccccc34)C2)cn2cccc12. The maximum absolute atomic E-state index is 13.2. The van der Waals surface area contributed by atoms with E-state index in [1.165, 1.54) is 0 Å². The molecule has 1 fully saturated rings. The van der Waals surface area contributed by atoms with Gasteiger partial charge in [0, 0.05) is 57.1 Å². The number of likely N-dealkylation sites (tertiary alicyclic amines) is 1. The molecule has 0 aliphatic carbocycles. The zero-order chi connectivity index (χ0) is 20.0. The summed E-state index contributed by atoms with van der Waals surface area (Å²) in [6.45, 7) is 1.38. The minimum Gasteiger partial charge on any atom is -0.361 e. The van der Waals surface area contributed by atoms with Gasteiger partial charge in [-0.25, -0.2) is 4.98 Å². The molecule has 0 saturated carbocycles. The van der Waals surface area contributed by atoms with E-state index in [2.05, 4.69) is 21.6 Å². The first-order valence-corrected chi connectivity index (χ1v) is 9.90. The number of hydrogen-bond acceptors (Lipinski definition) is 4. The van der Waals surface area contributed by atoms with Crippen molar-refractivity contribution < 1.29 is 4.79 Å². The average molecular weight is 385 g/mol. The molecule has 5 rings (SSSR count). The topological polar surface area (TPSA) is 53.7 Å². The number of nitrogens with zero attached hydrogens (tertiary/aromatic N) is 5. The lowest BCUT2D eigenvalue weighted by molar-refractivity contribution is 0.0787. The standard InChI is InChI=1S/C23H23N5O/c1-26(2)22-20-8-5-12-27(20)15-19(25-22)17-10-13-28(14-17)23(29)21-18-7-4-3-6-16(18)9-11-24-21/h3-9,11-12,15,17H,10,13-14H2,1-2H3/t17-/m0/s1. The number of hydrogen-bond donors (Lipinski definition) is 0.